The first kappa shape index (κ1) is 14.1. The lowest BCUT2D eigenvalue weighted by Crippen LogP contribution is -2.50. The van der Waals surface area contributed by atoms with Gasteiger partial charge in [-0.1, -0.05) is 0 Å². The van der Waals surface area contributed by atoms with E-state index in [0.717, 1.165) is 12.8 Å². The Kier molecular flexibility index (Phi) is 3.43. The number of amides is 2. The maximum absolute atomic E-state index is 12.5. The highest BCUT2D eigenvalue weighted by atomic mass is 16.7. The SMILES string of the molecule is CC1=C(C)C(=O)N(OC(C)(C)C)C2CCCN2C1=O. The minimum absolute atomic E-state index is 0.0478. The monoisotopic (exact) mass is 266 g/mol. The third-order valence-corrected chi connectivity index (χ3v) is 3.53. The lowest BCUT2D eigenvalue weighted by molar-refractivity contribution is -0.251. The van der Waals surface area contributed by atoms with E-state index in [-0.39, 0.29) is 18.0 Å². The molecule has 0 bridgehead atoms. The van der Waals surface area contributed by atoms with Crippen LogP contribution in [0.1, 0.15) is 47.5 Å². The van der Waals surface area contributed by atoms with Gasteiger partial charge in [0.25, 0.3) is 11.8 Å². The van der Waals surface area contributed by atoms with Gasteiger partial charge in [-0.15, -0.1) is 0 Å². The Hall–Kier alpha value is -1.36. The van der Waals surface area contributed by atoms with Crippen molar-refractivity contribution < 1.29 is 14.4 Å². The summed E-state index contributed by atoms with van der Waals surface area (Å²) < 4.78 is 0. The summed E-state index contributed by atoms with van der Waals surface area (Å²) in [6.45, 7) is 9.79. The van der Waals surface area contributed by atoms with Gasteiger partial charge in [-0.3, -0.25) is 14.4 Å². The Morgan fingerprint density at radius 3 is 2.26 bits per heavy atom. The number of hydrogen-bond acceptors (Lipinski definition) is 3. The number of carbonyl (C=O) groups excluding carboxylic acids is 2. The molecular formula is C14H22N2O3. The van der Waals surface area contributed by atoms with Crippen LogP contribution in [-0.2, 0) is 14.4 Å². The van der Waals surface area contributed by atoms with E-state index in [1.54, 1.807) is 18.7 Å². The second-order valence-corrected chi connectivity index (χ2v) is 6.21. The number of rotatable bonds is 1. The summed E-state index contributed by atoms with van der Waals surface area (Å²) in [5, 5.41) is 1.40. The maximum Gasteiger partial charge on any atom is 0.275 e. The van der Waals surface area contributed by atoms with Crippen LogP contribution in [0.3, 0.4) is 0 Å². The van der Waals surface area contributed by atoms with Crippen LogP contribution in [0.4, 0.5) is 0 Å². The second kappa shape index (κ2) is 4.63. The number of nitrogens with zero attached hydrogens (tertiary/aromatic N) is 2. The van der Waals surface area contributed by atoms with Crippen molar-refractivity contribution in [3.8, 4) is 0 Å². The Morgan fingerprint density at radius 1 is 1.11 bits per heavy atom. The summed E-state index contributed by atoms with van der Waals surface area (Å²) in [5.41, 5.74) is 0.534. The summed E-state index contributed by atoms with van der Waals surface area (Å²) in [4.78, 5) is 32.4. The van der Waals surface area contributed by atoms with E-state index in [1.807, 2.05) is 20.8 Å². The number of carbonyl (C=O) groups is 2. The summed E-state index contributed by atoms with van der Waals surface area (Å²) in [6, 6.07) is 0. The van der Waals surface area contributed by atoms with Crippen molar-refractivity contribution in [1.29, 1.82) is 0 Å². The van der Waals surface area contributed by atoms with E-state index in [1.165, 1.54) is 5.06 Å². The van der Waals surface area contributed by atoms with E-state index in [2.05, 4.69) is 0 Å². The lowest BCUT2D eigenvalue weighted by atomic mass is 10.1. The van der Waals surface area contributed by atoms with Gasteiger partial charge in [0, 0.05) is 17.7 Å². The third kappa shape index (κ3) is 2.52. The van der Waals surface area contributed by atoms with Gasteiger partial charge in [-0.25, -0.2) is 0 Å². The molecule has 0 aromatic carbocycles. The molecule has 0 aliphatic carbocycles. The van der Waals surface area contributed by atoms with E-state index < -0.39 is 5.60 Å². The van der Waals surface area contributed by atoms with Gasteiger partial charge in [0.2, 0.25) is 0 Å². The molecule has 0 saturated carbocycles. The highest BCUT2D eigenvalue weighted by Crippen LogP contribution is 2.30. The number of hydroxylamine groups is 2. The molecule has 2 aliphatic rings. The largest absolute Gasteiger partial charge is 0.316 e. The fourth-order valence-corrected chi connectivity index (χ4v) is 2.46. The highest BCUT2D eigenvalue weighted by Gasteiger charge is 2.42. The van der Waals surface area contributed by atoms with Gasteiger partial charge in [0.05, 0.1) is 5.60 Å². The Bertz CT molecular complexity index is 448. The normalized spacial score (nSPS) is 25.0. The quantitative estimate of drug-likeness (QED) is 0.727. The van der Waals surface area contributed by atoms with Crippen molar-refractivity contribution in [2.24, 2.45) is 0 Å². The smallest absolute Gasteiger partial charge is 0.275 e. The van der Waals surface area contributed by atoms with Crippen LogP contribution in [0, 0.1) is 0 Å². The third-order valence-electron chi connectivity index (χ3n) is 3.53. The Morgan fingerprint density at radius 2 is 1.68 bits per heavy atom. The molecule has 2 heterocycles. The summed E-state index contributed by atoms with van der Waals surface area (Å²) in [5.74, 6) is -0.247. The summed E-state index contributed by atoms with van der Waals surface area (Å²) in [6.07, 6.45) is 1.40. The fraction of sp³-hybridized carbons (Fsp3) is 0.714. The van der Waals surface area contributed by atoms with Gasteiger partial charge in [0.1, 0.15) is 6.17 Å². The maximum atomic E-state index is 12.5. The van der Waals surface area contributed by atoms with Crippen molar-refractivity contribution in [3.63, 3.8) is 0 Å². The van der Waals surface area contributed by atoms with Crippen LogP contribution in [0.5, 0.6) is 0 Å². The molecule has 0 aromatic heterocycles. The zero-order valence-corrected chi connectivity index (χ0v) is 12.3. The average molecular weight is 266 g/mol. The molecule has 106 valence electrons. The van der Waals surface area contributed by atoms with E-state index in [0.29, 0.717) is 17.7 Å². The van der Waals surface area contributed by atoms with E-state index in [4.69, 9.17) is 4.84 Å². The minimum atomic E-state index is -0.467. The highest BCUT2D eigenvalue weighted by molar-refractivity contribution is 6.05. The predicted octanol–water partition coefficient (Wildman–Crippen LogP) is 1.84. The Balaban J connectivity index is 2.41. The van der Waals surface area contributed by atoms with Crippen LogP contribution in [0.15, 0.2) is 11.1 Å². The van der Waals surface area contributed by atoms with Gasteiger partial charge >= 0.3 is 0 Å². The first-order valence-electron chi connectivity index (χ1n) is 6.73. The second-order valence-electron chi connectivity index (χ2n) is 6.21. The molecule has 5 nitrogen and oxygen atoms in total. The van der Waals surface area contributed by atoms with Crippen LogP contribution >= 0.6 is 0 Å². The lowest BCUT2D eigenvalue weighted by Gasteiger charge is -2.36. The van der Waals surface area contributed by atoms with Crippen LogP contribution in [-0.4, -0.2) is 40.1 Å². The van der Waals surface area contributed by atoms with Crippen molar-refractivity contribution >= 4 is 11.8 Å². The number of fused-ring (bicyclic) bond motifs is 1. The molecule has 2 amide bonds. The molecule has 5 heteroatoms. The predicted molar refractivity (Wildman–Crippen MR) is 70.8 cm³/mol. The standard InChI is InChI=1S/C14H22N2O3/c1-9-10(2)13(18)16(19-14(3,4)5)11-7-6-8-15(11)12(9)17/h11H,6-8H2,1-5H3. The summed E-state index contributed by atoms with van der Waals surface area (Å²) >= 11 is 0. The molecule has 1 atom stereocenters. The Labute approximate surface area is 114 Å². The molecular weight excluding hydrogens is 244 g/mol. The van der Waals surface area contributed by atoms with Crippen molar-refractivity contribution in [3.05, 3.63) is 11.1 Å². The molecule has 0 N–H and O–H groups in total. The molecule has 1 saturated heterocycles. The van der Waals surface area contributed by atoms with Crippen LogP contribution < -0.4 is 0 Å². The average Bonchev–Trinajstić information content (AvgIpc) is 2.77. The van der Waals surface area contributed by atoms with Crippen LogP contribution in [0.25, 0.3) is 0 Å². The molecule has 19 heavy (non-hydrogen) atoms. The first-order valence-corrected chi connectivity index (χ1v) is 6.73. The molecule has 1 unspecified atom stereocenters. The summed E-state index contributed by atoms with van der Waals surface area (Å²) in [7, 11) is 0. The van der Waals surface area contributed by atoms with Gasteiger partial charge in [0.15, 0.2) is 0 Å². The van der Waals surface area contributed by atoms with Crippen molar-refractivity contribution in [1.82, 2.24) is 9.96 Å². The topological polar surface area (TPSA) is 49.9 Å². The molecule has 1 fully saturated rings. The zero-order chi connectivity index (χ0) is 14.4. The van der Waals surface area contributed by atoms with E-state index >= 15 is 0 Å². The zero-order valence-electron chi connectivity index (χ0n) is 12.3. The van der Waals surface area contributed by atoms with Gasteiger partial charge in [-0.2, -0.15) is 5.06 Å². The van der Waals surface area contributed by atoms with Crippen LogP contribution in [0.2, 0.25) is 0 Å². The molecule has 0 radical (unpaired) electrons. The fourth-order valence-electron chi connectivity index (χ4n) is 2.46. The van der Waals surface area contributed by atoms with E-state index in [9.17, 15) is 9.59 Å². The number of hydrogen-bond donors (Lipinski definition) is 0. The molecule has 2 aliphatic heterocycles. The van der Waals surface area contributed by atoms with Crippen molar-refractivity contribution in [2.75, 3.05) is 6.54 Å². The van der Waals surface area contributed by atoms with Gasteiger partial charge in [-0.05, 0) is 47.5 Å². The first-order chi connectivity index (χ1) is 8.72. The molecule has 2 rings (SSSR count). The molecule has 0 spiro atoms. The van der Waals surface area contributed by atoms with Crippen molar-refractivity contribution in [2.45, 2.75) is 59.2 Å². The molecule has 0 aromatic rings. The minimum Gasteiger partial charge on any atom is -0.316 e. The van der Waals surface area contributed by atoms with Gasteiger partial charge < -0.3 is 4.90 Å².